The summed E-state index contributed by atoms with van der Waals surface area (Å²) in [6.07, 6.45) is 1.57. The number of hydrogen-bond donors (Lipinski definition) is 1. The molecule has 8 heteroatoms. The van der Waals surface area contributed by atoms with E-state index in [2.05, 4.69) is 4.98 Å². The Balaban J connectivity index is 1.49. The zero-order valence-corrected chi connectivity index (χ0v) is 21.8. The van der Waals surface area contributed by atoms with Crippen LogP contribution in [0.3, 0.4) is 0 Å². The standard InChI is InChI=1S/C30H26N2O5S/c1-3-36-23-12-8-20(9-13-23)26-25(28(34)29(35)32(26)30-31-16-17-38-30)27(33)21-10-14-24(15-11-21)37-18-22-7-5-4-6-19(22)2/h4-17,26,33H,3,18H2,1-2H3. The molecule has 0 spiro atoms. The monoisotopic (exact) mass is 526 g/mol. The smallest absolute Gasteiger partial charge is 0.301 e. The largest absolute Gasteiger partial charge is 0.507 e. The summed E-state index contributed by atoms with van der Waals surface area (Å²) in [6, 6.07) is 21.1. The number of hydrogen-bond acceptors (Lipinski definition) is 7. The molecule has 0 bridgehead atoms. The summed E-state index contributed by atoms with van der Waals surface area (Å²) in [5, 5.41) is 13.4. The van der Waals surface area contributed by atoms with E-state index in [1.165, 1.54) is 16.2 Å². The lowest BCUT2D eigenvalue weighted by atomic mass is 9.95. The summed E-state index contributed by atoms with van der Waals surface area (Å²) >= 11 is 1.25. The van der Waals surface area contributed by atoms with Crippen molar-refractivity contribution >= 4 is 33.9 Å². The van der Waals surface area contributed by atoms with E-state index in [1.54, 1.807) is 60.1 Å². The number of anilines is 1. The molecule has 7 nitrogen and oxygen atoms in total. The summed E-state index contributed by atoms with van der Waals surface area (Å²) in [6.45, 7) is 4.85. The second-order valence-electron chi connectivity index (χ2n) is 8.73. The van der Waals surface area contributed by atoms with E-state index < -0.39 is 17.7 Å². The molecular formula is C30H26N2O5S. The Kier molecular flexibility index (Phi) is 7.24. The molecule has 4 aromatic rings. The van der Waals surface area contributed by atoms with Crippen LogP contribution >= 0.6 is 11.3 Å². The zero-order valence-electron chi connectivity index (χ0n) is 21.0. The van der Waals surface area contributed by atoms with Gasteiger partial charge < -0.3 is 14.6 Å². The number of aliphatic hydroxyl groups is 1. The van der Waals surface area contributed by atoms with Gasteiger partial charge in [-0.25, -0.2) is 4.98 Å². The quantitative estimate of drug-likeness (QED) is 0.171. The van der Waals surface area contributed by atoms with Gasteiger partial charge in [0.2, 0.25) is 0 Å². The molecule has 1 atom stereocenters. The number of ketones is 1. The molecule has 1 aliphatic heterocycles. The van der Waals surface area contributed by atoms with Crippen LogP contribution in [0, 0.1) is 6.92 Å². The number of amides is 1. The fourth-order valence-electron chi connectivity index (χ4n) is 4.39. The predicted molar refractivity (Wildman–Crippen MR) is 146 cm³/mol. The molecule has 1 amide bonds. The van der Waals surface area contributed by atoms with Crippen LogP contribution in [0.2, 0.25) is 0 Å². The van der Waals surface area contributed by atoms with Gasteiger partial charge in [-0.1, -0.05) is 36.4 Å². The normalized spacial score (nSPS) is 16.6. The molecule has 1 aliphatic rings. The molecule has 1 unspecified atom stereocenters. The van der Waals surface area contributed by atoms with E-state index in [-0.39, 0.29) is 11.3 Å². The summed E-state index contributed by atoms with van der Waals surface area (Å²) in [5.41, 5.74) is 3.28. The van der Waals surface area contributed by atoms with Crippen molar-refractivity contribution < 1.29 is 24.2 Å². The number of Topliss-reactive ketones (excluding diaryl/α,β-unsaturated/α-hetero) is 1. The maximum Gasteiger partial charge on any atom is 0.301 e. The van der Waals surface area contributed by atoms with Crippen molar-refractivity contribution in [3.05, 3.63) is 112 Å². The number of carbonyl (C=O) groups excluding carboxylic acids is 2. The Bertz CT molecular complexity index is 1480. The van der Waals surface area contributed by atoms with E-state index in [0.29, 0.717) is 41.0 Å². The van der Waals surface area contributed by atoms with E-state index in [9.17, 15) is 14.7 Å². The molecule has 1 N–H and O–H groups in total. The number of aliphatic hydroxyl groups excluding tert-OH is 1. The van der Waals surface area contributed by atoms with Crippen LogP contribution < -0.4 is 14.4 Å². The highest BCUT2D eigenvalue weighted by molar-refractivity contribution is 7.14. The predicted octanol–water partition coefficient (Wildman–Crippen LogP) is 6.06. The molecule has 192 valence electrons. The van der Waals surface area contributed by atoms with E-state index in [1.807, 2.05) is 38.1 Å². The van der Waals surface area contributed by atoms with Gasteiger partial charge in [-0.2, -0.15) is 0 Å². The van der Waals surface area contributed by atoms with Crippen LogP contribution in [0.5, 0.6) is 11.5 Å². The number of thiazole rings is 1. The molecule has 38 heavy (non-hydrogen) atoms. The first-order valence-corrected chi connectivity index (χ1v) is 13.1. The van der Waals surface area contributed by atoms with E-state index >= 15 is 0 Å². The lowest BCUT2D eigenvalue weighted by Crippen LogP contribution is -2.29. The van der Waals surface area contributed by atoms with Gasteiger partial charge in [-0.05, 0) is 66.9 Å². The van der Waals surface area contributed by atoms with Gasteiger partial charge in [0, 0.05) is 17.1 Å². The average molecular weight is 527 g/mol. The van der Waals surface area contributed by atoms with Gasteiger partial charge in [-0.3, -0.25) is 14.5 Å². The lowest BCUT2D eigenvalue weighted by molar-refractivity contribution is -0.132. The number of ether oxygens (including phenoxy) is 2. The fourth-order valence-corrected chi connectivity index (χ4v) is 5.06. The Morgan fingerprint density at radius 2 is 1.66 bits per heavy atom. The second-order valence-corrected chi connectivity index (χ2v) is 9.60. The fraction of sp³-hybridized carbons (Fsp3) is 0.167. The van der Waals surface area contributed by atoms with Gasteiger partial charge >= 0.3 is 5.91 Å². The Morgan fingerprint density at radius 1 is 0.974 bits per heavy atom. The van der Waals surface area contributed by atoms with E-state index in [4.69, 9.17) is 9.47 Å². The van der Waals surface area contributed by atoms with Crippen LogP contribution in [-0.4, -0.2) is 28.4 Å². The number of aromatic nitrogens is 1. The van der Waals surface area contributed by atoms with Gasteiger partial charge in [0.15, 0.2) is 5.13 Å². The molecule has 1 fully saturated rings. The second kappa shape index (κ2) is 10.9. The number of benzene rings is 3. The number of nitrogens with zero attached hydrogens (tertiary/aromatic N) is 2. The minimum atomic E-state index is -0.839. The van der Waals surface area contributed by atoms with Gasteiger partial charge in [-0.15, -0.1) is 11.3 Å². The number of rotatable bonds is 8. The maximum atomic E-state index is 13.3. The molecule has 1 saturated heterocycles. The Labute approximate surface area is 224 Å². The molecule has 3 aromatic carbocycles. The highest BCUT2D eigenvalue weighted by atomic mass is 32.1. The molecular weight excluding hydrogens is 500 g/mol. The maximum absolute atomic E-state index is 13.3. The molecule has 1 aromatic heterocycles. The van der Waals surface area contributed by atoms with Gasteiger partial charge in [0.05, 0.1) is 18.2 Å². The first-order valence-electron chi connectivity index (χ1n) is 12.2. The third kappa shape index (κ3) is 4.90. The molecule has 0 saturated carbocycles. The number of aryl methyl sites for hydroxylation is 1. The van der Waals surface area contributed by atoms with Crippen molar-refractivity contribution in [3.8, 4) is 11.5 Å². The van der Waals surface area contributed by atoms with Crippen molar-refractivity contribution in [1.82, 2.24) is 4.98 Å². The molecule has 2 heterocycles. The minimum Gasteiger partial charge on any atom is -0.507 e. The van der Waals surface area contributed by atoms with Crippen molar-refractivity contribution in [3.63, 3.8) is 0 Å². The summed E-state index contributed by atoms with van der Waals surface area (Å²) in [4.78, 5) is 32.0. The van der Waals surface area contributed by atoms with Crippen LogP contribution in [0.25, 0.3) is 5.76 Å². The zero-order chi connectivity index (χ0) is 26.6. The topological polar surface area (TPSA) is 89.0 Å². The number of carbonyl (C=O) groups is 2. The van der Waals surface area contributed by atoms with Crippen LogP contribution in [0.15, 0.2) is 89.9 Å². The average Bonchev–Trinajstić information content (AvgIpc) is 3.55. The first kappa shape index (κ1) is 25.2. The first-order chi connectivity index (χ1) is 18.5. The summed E-state index contributed by atoms with van der Waals surface area (Å²) in [7, 11) is 0. The Morgan fingerprint density at radius 3 is 2.32 bits per heavy atom. The van der Waals surface area contributed by atoms with Crippen molar-refractivity contribution in [2.24, 2.45) is 0 Å². The van der Waals surface area contributed by atoms with Crippen molar-refractivity contribution in [2.45, 2.75) is 26.5 Å². The summed E-state index contributed by atoms with van der Waals surface area (Å²) < 4.78 is 11.5. The van der Waals surface area contributed by atoms with Crippen molar-refractivity contribution in [1.29, 1.82) is 0 Å². The van der Waals surface area contributed by atoms with Crippen molar-refractivity contribution in [2.75, 3.05) is 11.5 Å². The molecule has 0 radical (unpaired) electrons. The summed E-state index contributed by atoms with van der Waals surface area (Å²) in [5.74, 6) is -0.471. The molecule has 5 rings (SSSR count). The van der Waals surface area contributed by atoms with Gasteiger partial charge in [0.1, 0.15) is 23.9 Å². The van der Waals surface area contributed by atoms with Crippen LogP contribution in [0.4, 0.5) is 5.13 Å². The highest BCUT2D eigenvalue weighted by Gasteiger charge is 2.48. The third-order valence-corrected chi connectivity index (χ3v) is 7.13. The molecule has 0 aliphatic carbocycles. The van der Waals surface area contributed by atoms with E-state index in [0.717, 1.165) is 11.1 Å². The Hall–Kier alpha value is -4.43. The minimum absolute atomic E-state index is 0.00272. The SMILES string of the molecule is CCOc1ccc(C2C(=C(O)c3ccc(OCc4ccccc4C)cc3)C(=O)C(=O)N2c2nccs2)cc1. The van der Waals surface area contributed by atoms with Gasteiger partial charge in [0.25, 0.3) is 5.78 Å². The lowest BCUT2D eigenvalue weighted by Gasteiger charge is -2.23. The highest BCUT2D eigenvalue weighted by Crippen LogP contribution is 2.43. The third-order valence-electron chi connectivity index (χ3n) is 6.36. The van der Waals surface area contributed by atoms with Crippen LogP contribution in [0.1, 0.15) is 35.2 Å². The van der Waals surface area contributed by atoms with Crippen LogP contribution in [-0.2, 0) is 16.2 Å².